The Balaban J connectivity index is 0.00000363. The van der Waals surface area contributed by atoms with Gasteiger partial charge in [-0.15, -0.1) is 24.0 Å². The zero-order chi connectivity index (χ0) is 22.1. The molecule has 0 aliphatic carbocycles. The number of halogens is 1. The van der Waals surface area contributed by atoms with E-state index in [9.17, 15) is 0 Å². The fourth-order valence-corrected chi connectivity index (χ4v) is 4.01. The number of hydrogen-bond acceptors (Lipinski definition) is 4. The Morgan fingerprint density at radius 3 is 2.66 bits per heavy atom. The van der Waals surface area contributed by atoms with Crippen molar-refractivity contribution in [3.63, 3.8) is 0 Å². The van der Waals surface area contributed by atoms with Crippen LogP contribution in [-0.2, 0) is 17.9 Å². The zero-order valence-corrected chi connectivity index (χ0v) is 22.0. The van der Waals surface area contributed by atoms with Crippen LogP contribution < -0.4 is 15.4 Å². The van der Waals surface area contributed by atoms with E-state index in [1.54, 1.807) is 13.2 Å². The van der Waals surface area contributed by atoms with Gasteiger partial charge in [0.2, 0.25) is 5.88 Å². The van der Waals surface area contributed by atoms with Gasteiger partial charge >= 0.3 is 0 Å². The number of ether oxygens (including phenoxy) is 2. The fraction of sp³-hybridized carbons (Fsp3) is 0.520. The molecule has 1 aromatic carbocycles. The van der Waals surface area contributed by atoms with Crippen LogP contribution in [0, 0.1) is 11.3 Å². The minimum atomic E-state index is 0. The summed E-state index contributed by atoms with van der Waals surface area (Å²) in [5, 5.41) is 6.88. The first-order chi connectivity index (χ1) is 15.0. The van der Waals surface area contributed by atoms with Gasteiger partial charge in [0.05, 0.1) is 6.10 Å². The van der Waals surface area contributed by atoms with E-state index in [0.717, 1.165) is 36.7 Å². The third kappa shape index (κ3) is 8.24. The largest absolute Gasteiger partial charge is 0.473 e. The fourth-order valence-electron chi connectivity index (χ4n) is 4.01. The summed E-state index contributed by atoms with van der Waals surface area (Å²) in [6.07, 6.45) is 4.34. The normalized spacial score (nSPS) is 19.1. The summed E-state index contributed by atoms with van der Waals surface area (Å²) >= 11 is 0. The first kappa shape index (κ1) is 26.4. The molecule has 2 atom stereocenters. The number of guanidine groups is 1. The molecule has 2 N–H and O–H groups in total. The Hall–Kier alpha value is -1.87. The number of nitrogens with zero attached hydrogens (tertiary/aromatic N) is 2. The van der Waals surface area contributed by atoms with Crippen molar-refractivity contribution in [1.29, 1.82) is 0 Å². The van der Waals surface area contributed by atoms with Gasteiger partial charge in [-0.2, -0.15) is 0 Å². The maximum Gasteiger partial charge on any atom is 0.213 e. The van der Waals surface area contributed by atoms with Gasteiger partial charge in [-0.25, -0.2) is 4.98 Å². The molecule has 6 nitrogen and oxygen atoms in total. The lowest BCUT2D eigenvalue weighted by Crippen LogP contribution is -2.47. The van der Waals surface area contributed by atoms with Crippen molar-refractivity contribution < 1.29 is 9.47 Å². The maximum absolute atomic E-state index is 6.10. The van der Waals surface area contributed by atoms with Gasteiger partial charge in [0.1, 0.15) is 6.61 Å². The highest BCUT2D eigenvalue weighted by Gasteiger charge is 2.35. The van der Waals surface area contributed by atoms with Gasteiger partial charge in [-0.3, -0.25) is 4.99 Å². The van der Waals surface area contributed by atoms with Crippen molar-refractivity contribution in [3.05, 3.63) is 59.8 Å². The molecule has 32 heavy (non-hydrogen) atoms. The molecule has 0 radical (unpaired) electrons. The summed E-state index contributed by atoms with van der Waals surface area (Å²) in [6.45, 7) is 9.63. The average Bonchev–Trinajstić information content (AvgIpc) is 2.78. The molecule has 1 aliphatic heterocycles. The van der Waals surface area contributed by atoms with Gasteiger partial charge in [0.15, 0.2) is 5.96 Å². The molecule has 3 rings (SSSR count). The molecule has 0 amide bonds. The van der Waals surface area contributed by atoms with E-state index in [-0.39, 0.29) is 35.5 Å². The van der Waals surface area contributed by atoms with Crippen molar-refractivity contribution in [1.82, 2.24) is 15.6 Å². The van der Waals surface area contributed by atoms with Crippen molar-refractivity contribution in [3.8, 4) is 5.88 Å². The van der Waals surface area contributed by atoms with Crippen molar-refractivity contribution in [2.24, 2.45) is 16.3 Å². The molecule has 1 aromatic heterocycles. The molecule has 2 aromatic rings. The molecule has 0 saturated carbocycles. The van der Waals surface area contributed by atoms with Crippen LogP contribution >= 0.6 is 24.0 Å². The van der Waals surface area contributed by atoms with Gasteiger partial charge in [0, 0.05) is 44.9 Å². The third-order valence-corrected chi connectivity index (χ3v) is 5.54. The average molecular weight is 553 g/mol. The standard InChI is InChI=1S/C25H36N4O2.HI/c1-25(2,3)23-21(11-8-14-30-23)17-29-24(26-4)28-16-20-12-13-27-22(15-20)31-18-19-9-6-5-7-10-19;/h5-7,9-10,12-13,15,21,23H,8,11,14,16-18H2,1-4H3,(H2,26,28,29);1H. The molecule has 0 spiro atoms. The van der Waals surface area contributed by atoms with Crippen LogP contribution in [0.3, 0.4) is 0 Å². The van der Waals surface area contributed by atoms with Gasteiger partial charge in [0.25, 0.3) is 0 Å². The highest BCUT2D eigenvalue weighted by Crippen LogP contribution is 2.33. The predicted octanol–water partition coefficient (Wildman–Crippen LogP) is 4.78. The monoisotopic (exact) mass is 552 g/mol. The second-order valence-corrected chi connectivity index (χ2v) is 9.14. The van der Waals surface area contributed by atoms with Crippen LogP contribution in [0.2, 0.25) is 0 Å². The van der Waals surface area contributed by atoms with Crippen LogP contribution in [0.15, 0.2) is 53.7 Å². The number of rotatable bonds is 7. The van der Waals surface area contributed by atoms with E-state index in [1.165, 1.54) is 6.42 Å². The Kier molecular flexibility index (Phi) is 10.7. The number of hydrogen-bond donors (Lipinski definition) is 2. The van der Waals surface area contributed by atoms with Crippen molar-refractivity contribution >= 4 is 29.9 Å². The number of aliphatic imine (C=N–C) groups is 1. The highest BCUT2D eigenvalue weighted by molar-refractivity contribution is 14.0. The van der Waals surface area contributed by atoms with Gasteiger partial charge < -0.3 is 20.1 Å². The second kappa shape index (κ2) is 13.0. The predicted molar refractivity (Wildman–Crippen MR) is 141 cm³/mol. The Labute approximate surface area is 209 Å². The topological polar surface area (TPSA) is 67.8 Å². The van der Waals surface area contributed by atoms with Crippen LogP contribution in [-0.4, -0.2) is 37.2 Å². The molecule has 1 saturated heterocycles. The minimum Gasteiger partial charge on any atom is -0.473 e. The third-order valence-electron chi connectivity index (χ3n) is 5.54. The smallest absolute Gasteiger partial charge is 0.213 e. The first-order valence-corrected chi connectivity index (χ1v) is 11.1. The Bertz CT molecular complexity index is 839. The first-order valence-electron chi connectivity index (χ1n) is 11.1. The SMILES string of the molecule is CN=C(NCc1ccnc(OCc2ccccc2)c1)NCC1CCCOC1C(C)(C)C.I. The molecule has 2 heterocycles. The van der Waals surface area contributed by atoms with E-state index in [2.05, 4.69) is 41.4 Å². The van der Waals surface area contributed by atoms with Gasteiger partial charge in [-0.1, -0.05) is 51.1 Å². The molecule has 0 bridgehead atoms. The summed E-state index contributed by atoms with van der Waals surface area (Å²) in [7, 11) is 1.80. The number of aromatic nitrogens is 1. The molecule has 1 aliphatic rings. The van der Waals surface area contributed by atoms with E-state index >= 15 is 0 Å². The van der Waals surface area contributed by atoms with Crippen LogP contribution in [0.4, 0.5) is 0 Å². The lowest BCUT2D eigenvalue weighted by molar-refractivity contribution is -0.0835. The lowest BCUT2D eigenvalue weighted by Gasteiger charge is -2.40. The second-order valence-electron chi connectivity index (χ2n) is 9.14. The lowest BCUT2D eigenvalue weighted by atomic mass is 9.78. The summed E-state index contributed by atoms with van der Waals surface area (Å²) in [5.41, 5.74) is 2.35. The van der Waals surface area contributed by atoms with E-state index in [1.807, 2.05) is 42.5 Å². The molecule has 1 fully saturated rings. The number of pyridine rings is 1. The quantitative estimate of drug-likeness (QED) is 0.294. The zero-order valence-electron chi connectivity index (χ0n) is 19.6. The van der Waals surface area contributed by atoms with Gasteiger partial charge in [-0.05, 0) is 35.4 Å². The van der Waals surface area contributed by atoms with E-state index < -0.39 is 0 Å². The van der Waals surface area contributed by atoms with Crippen molar-refractivity contribution in [2.45, 2.75) is 52.9 Å². The van der Waals surface area contributed by atoms with Crippen LogP contribution in [0.1, 0.15) is 44.7 Å². The van der Waals surface area contributed by atoms with Crippen LogP contribution in [0.25, 0.3) is 0 Å². The number of nitrogens with one attached hydrogen (secondary N) is 2. The Morgan fingerprint density at radius 2 is 1.94 bits per heavy atom. The molecule has 2 unspecified atom stereocenters. The van der Waals surface area contributed by atoms with Crippen molar-refractivity contribution in [2.75, 3.05) is 20.2 Å². The molecular formula is C25H37IN4O2. The summed E-state index contributed by atoms with van der Waals surface area (Å²) in [5.74, 6) is 1.89. The van der Waals surface area contributed by atoms with Crippen LogP contribution in [0.5, 0.6) is 5.88 Å². The summed E-state index contributed by atoms with van der Waals surface area (Å²) in [6, 6.07) is 14.1. The summed E-state index contributed by atoms with van der Waals surface area (Å²) < 4.78 is 11.9. The molecule has 7 heteroatoms. The summed E-state index contributed by atoms with van der Waals surface area (Å²) in [4.78, 5) is 8.70. The molecule has 176 valence electrons. The van der Waals surface area contributed by atoms with E-state index in [4.69, 9.17) is 9.47 Å². The Morgan fingerprint density at radius 1 is 1.16 bits per heavy atom. The minimum absolute atomic E-state index is 0. The van der Waals surface area contributed by atoms with E-state index in [0.29, 0.717) is 24.9 Å². The number of benzene rings is 1. The molecular weight excluding hydrogens is 515 g/mol. The highest BCUT2D eigenvalue weighted by atomic mass is 127. The maximum atomic E-state index is 6.10.